The van der Waals surface area contributed by atoms with Crippen molar-refractivity contribution >= 4 is 5.91 Å². The van der Waals surface area contributed by atoms with Gasteiger partial charge < -0.3 is 9.42 Å². The Morgan fingerprint density at radius 2 is 1.93 bits per heavy atom. The van der Waals surface area contributed by atoms with E-state index in [4.69, 9.17) is 4.52 Å². The molecule has 5 nitrogen and oxygen atoms in total. The van der Waals surface area contributed by atoms with Crippen LogP contribution in [0.2, 0.25) is 0 Å². The summed E-state index contributed by atoms with van der Waals surface area (Å²) < 4.78 is 5.49. The number of rotatable bonds is 5. The predicted molar refractivity (Wildman–Crippen MR) is 103 cm³/mol. The summed E-state index contributed by atoms with van der Waals surface area (Å²) in [6, 6.07) is 16.3. The van der Waals surface area contributed by atoms with Crippen LogP contribution in [0, 0.1) is 6.92 Å². The normalized spacial score (nSPS) is 16.9. The van der Waals surface area contributed by atoms with E-state index in [1.807, 2.05) is 29.2 Å². The van der Waals surface area contributed by atoms with Crippen LogP contribution in [0.5, 0.6) is 0 Å². The lowest BCUT2D eigenvalue weighted by Gasteiger charge is -2.17. The van der Waals surface area contributed by atoms with Crippen LogP contribution in [0.25, 0.3) is 11.4 Å². The van der Waals surface area contributed by atoms with E-state index < -0.39 is 0 Å². The van der Waals surface area contributed by atoms with Crippen molar-refractivity contribution in [3.05, 3.63) is 71.1 Å². The van der Waals surface area contributed by atoms with Gasteiger partial charge in [-0.2, -0.15) is 4.98 Å². The molecule has 0 radical (unpaired) electrons. The van der Waals surface area contributed by atoms with E-state index in [1.54, 1.807) is 0 Å². The smallest absolute Gasteiger partial charge is 0.232 e. The Hall–Kier alpha value is -2.95. The van der Waals surface area contributed by atoms with E-state index in [0.29, 0.717) is 31.2 Å². The van der Waals surface area contributed by atoms with E-state index in [0.717, 1.165) is 12.0 Å². The second kappa shape index (κ2) is 7.35. The standard InChI is InChI=1S/C22H23N3O2/c1-3-16-8-10-17(11-9-16)21-23-22(27-24-21)19-12-20(26)25(14-19)13-18-7-5-4-6-15(18)2/h4-11,19H,3,12-14H2,1-2H3. The van der Waals surface area contributed by atoms with Crippen molar-refractivity contribution in [1.82, 2.24) is 15.0 Å². The van der Waals surface area contributed by atoms with Crippen LogP contribution in [0.3, 0.4) is 0 Å². The Morgan fingerprint density at radius 3 is 2.67 bits per heavy atom. The van der Waals surface area contributed by atoms with Gasteiger partial charge >= 0.3 is 0 Å². The number of hydrogen-bond acceptors (Lipinski definition) is 4. The van der Waals surface area contributed by atoms with E-state index in [9.17, 15) is 4.79 Å². The third-order valence-electron chi connectivity index (χ3n) is 5.25. The molecule has 1 unspecified atom stereocenters. The van der Waals surface area contributed by atoms with Crippen molar-refractivity contribution in [1.29, 1.82) is 0 Å². The number of likely N-dealkylation sites (tertiary alicyclic amines) is 1. The van der Waals surface area contributed by atoms with E-state index >= 15 is 0 Å². The summed E-state index contributed by atoms with van der Waals surface area (Å²) in [7, 11) is 0. The first kappa shape index (κ1) is 17.5. The van der Waals surface area contributed by atoms with Gasteiger partial charge in [-0.1, -0.05) is 60.6 Å². The topological polar surface area (TPSA) is 59.2 Å². The fourth-order valence-electron chi connectivity index (χ4n) is 3.49. The van der Waals surface area contributed by atoms with Crippen molar-refractivity contribution in [3.63, 3.8) is 0 Å². The lowest BCUT2D eigenvalue weighted by Crippen LogP contribution is -2.24. The summed E-state index contributed by atoms with van der Waals surface area (Å²) in [6.07, 6.45) is 1.42. The molecule has 27 heavy (non-hydrogen) atoms. The monoisotopic (exact) mass is 361 g/mol. The van der Waals surface area contributed by atoms with Crippen LogP contribution in [0.4, 0.5) is 0 Å². The van der Waals surface area contributed by atoms with Crippen molar-refractivity contribution < 1.29 is 9.32 Å². The molecule has 1 saturated heterocycles. The number of nitrogens with zero attached hydrogens (tertiary/aromatic N) is 3. The summed E-state index contributed by atoms with van der Waals surface area (Å²) in [5, 5.41) is 4.12. The van der Waals surface area contributed by atoms with Gasteiger partial charge in [-0.05, 0) is 30.0 Å². The Bertz CT molecular complexity index is 946. The van der Waals surface area contributed by atoms with Crippen LogP contribution in [-0.4, -0.2) is 27.5 Å². The second-order valence-electron chi connectivity index (χ2n) is 7.11. The fourth-order valence-corrected chi connectivity index (χ4v) is 3.49. The summed E-state index contributed by atoms with van der Waals surface area (Å²) in [6.45, 7) is 5.44. The molecule has 1 amide bonds. The van der Waals surface area contributed by atoms with Crippen molar-refractivity contribution in [2.45, 2.75) is 39.2 Å². The van der Waals surface area contributed by atoms with Crippen LogP contribution < -0.4 is 0 Å². The van der Waals surface area contributed by atoms with E-state index in [1.165, 1.54) is 16.7 Å². The van der Waals surface area contributed by atoms with Gasteiger partial charge in [0.05, 0.1) is 5.92 Å². The number of carbonyl (C=O) groups is 1. The lowest BCUT2D eigenvalue weighted by molar-refractivity contribution is -0.128. The molecule has 2 aromatic carbocycles. The van der Waals surface area contributed by atoms with Crippen molar-refractivity contribution in [3.8, 4) is 11.4 Å². The molecule has 1 aromatic heterocycles. The Kier molecular flexibility index (Phi) is 4.75. The number of amides is 1. The third-order valence-corrected chi connectivity index (χ3v) is 5.25. The Labute approximate surface area is 159 Å². The maximum atomic E-state index is 12.5. The minimum Gasteiger partial charge on any atom is -0.339 e. The van der Waals surface area contributed by atoms with Gasteiger partial charge in [-0.15, -0.1) is 0 Å². The average Bonchev–Trinajstić information content (AvgIpc) is 3.31. The summed E-state index contributed by atoms with van der Waals surface area (Å²) in [5.74, 6) is 1.22. The molecule has 2 heterocycles. The van der Waals surface area contributed by atoms with Crippen LogP contribution in [0.1, 0.15) is 41.8 Å². The average molecular weight is 361 g/mol. The Morgan fingerprint density at radius 1 is 1.15 bits per heavy atom. The molecular weight excluding hydrogens is 338 g/mol. The lowest BCUT2D eigenvalue weighted by atomic mass is 10.1. The molecular formula is C22H23N3O2. The minimum absolute atomic E-state index is 0.0438. The Balaban J connectivity index is 1.47. The van der Waals surface area contributed by atoms with Crippen LogP contribution >= 0.6 is 0 Å². The van der Waals surface area contributed by atoms with Crippen molar-refractivity contribution in [2.75, 3.05) is 6.54 Å². The van der Waals surface area contributed by atoms with Crippen LogP contribution in [-0.2, 0) is 17.8 Å². The third kappa shape index (κ3) is 3.63. The molecule has 0 aliphatic carbocycles. The number of aromatic nitrogens is 2. The van der Waals surface area contributed by atoms with Gasteiger partial charge in [0.2, 0.25) is 17.6 Å². The molecule has 0 bridgehead atoms. The van der Waals surface area contributed by atoms with Gasteiger partial charge in [0.1, 0.15) is 0 Å². The predicted octanol–water partition coefficient (Wildman–Crippen LogP) is 4.12. The largest absolute Gasteiger partial charge is 0.339 e. The number of carbonyl (C=O) groups excluding carboxylic acids is 1. The molecule has 1 aliphatic heterocycles. The molecule has 0 saturated carbocycles. The molecule has 1 fully saturated rings. The zero-order valence-corrected chi connectivity index (χ0v) is 15.7. The number of benzene rings is 2. The van der Waals surface area contributed by atoms with Gasteiger partial charge in [-0.25, -0.2) is 0 Å². The van der Waals surface area contributed by atoms with Gasteiger partial charge in [-0.3, -0.25) is 4.79 Å². The van der Waals surface area contributed by atoms with Gasteiger partial charge in [0.15, 0.2) is 0 Å². The van der Waals surface area contributed by atoms with Crippen LogP contribution in [0.15, 0.2) is 53.1 Å². The maximum Gasteiger partial charge on any atom is 0.232 e. The number of hydrogen-bond donors (Lipinski definition) is 0. The van der Waals surface area contributed by atoms with Gasteiger partial charge in [0, 0.05) is 25.1 Å². The molecule has 138 valence electrons. The van der Waals surface area contributed by atoms with E-state index in [2.05, 4.69) is 48.3 Å². The highest BCUT2D eigenvalue weighted by Gasteiger charge is 2.34. The first-order valence-electron chi connectivity index (χ1n) is 9.39. The summed E-state index contributed by atoms with van der Waals surface area (Å²) in [5.41, 5.74) is 4.58. The first-order chi connectivity index (χ1) is 13.1. The SMILES string of the molecule is CCc1ccc(-c2noc(C3CC(=O)N(Cc4ccccc4C)C3)n2)cc1. The summed E-state index contributed by atoms with van der Waals surface area (Å²) in [4.78, 5) is 18.9. The molecule has 0 N–H and O–H groups in total. The molecule has 3 aromatic rings. The molecule has 1 aliphatic rings. The zero-order chi connectivity index (χ0) is 18.8. The fraction of sp³-hybridized carbons (Fsp3) is 0.318. The quantitative estimate of drug-likeness (QED) is 0.686. The second-order valence-corrected chi connectivity index (χ2v) is 7.11. The van der Waals surface area contributed by atoms with Crippen molar-refractivity contribution in [2.24, 2.45) is 0 Å². The zero-order valence-electron chi connectivity index (χ0n) is 15.7. The highest BCUT2D eigenvalue weighted by molar-refractivity contribution is 5.79. The maximum absolute atomic E-state index is 12.5. The van der Waals surface area contributed by atoms with Gasteiger partial charge in [0.25, 0.3) is 0 Å². The minimum atomic E-state index is -0.0438. The van der Waals surface area contributed by atoms with E-state index in [-0.39, 0.29) is 11.8 Å². The highest BCUT2D eigenvalue weighted by atomic mass is 16.5. The molecule has 0 spiro atoms. The molecule has 5 heteroatoms. The summed E-state index contributed by atoms with van der Waals surface area (Å²) >= 11 is 0. The molecule has 4 rings (SSSR count). The highest BCUT2D eigenvalue weighted by Crippen LogP contribution is 2.30. The first-order valence-corrected chi connectivity index (χ1v) is 9.39. The molecule has 1 atom stereocenters. The number of aryl methyl sites for hydroxylation is 2.